The zero-order valence-electron chi connectivity index (χ0n) is 18.8. The number of allylic oxidation sites excluding steroid dienone is 1. The van der Waals surface area contributed by atoms with Gasteiger partial charge >= 0.3 is 0 Å². The van der Waals surface area contributed by atoms with Gasteiger partial charge in [0.1, 0.15) is 0 Å². The van der Waals surface area contributed by atoms with Gasteiger partial charge in [-0.05, 0) is 43.0 Å². The van der Waals surface area contributed by atoms with E-state index < -0.39 is 10.0 Å². The number of carbonyl (C=O) groups is 1. The molecule has 2 aliphatic heterocycles. The minimum atomic E-state index is -3.69. The molecule has 2 aliphatic rings. The second-order valence-electron chi connectivity index (χ2n) is 7.94. The number of hydrogen-bond donors (Lipinski definition) is 0. The standard InChI is InChI=1S/C25H27ClN2O3S2/c1-3-27(4-2)33(30,31)19-13-14-22(26)21(16-19)24(29)20-12-8-9-15-28-23(17-32-25(20)28)18-10-6-5-7-11-18/h5-7,10-11,13-14,16-17H,3-4,8-9,12,15H2,1-2H3. The zero-order valence-corrected chi connectivity index (χ0v) is 21.1. The number of nitrogens with zero attached hydrogens (tertiary/aromatic N) is 2. The lowest BCUT2D eigenvalue weighted by Crippen LogP contribution is -2.30. The average Bonchev–Trinajstić information content (AvgIpc) is 3.12. The summed E-state index contributed by atoms with van der Waals surface area (Å²) in [6, 6.07) is 14.6. The molecule has 2 aromatic rings. The number of benzene rings is 2. The molecule has 0 radical (unpaired) electrons. The van der Waals surface area contributed by atoms with Crippen LogP contribution in [0.1, 0.15) is 49.0 Å². The van der Waals surface area contributed by atoms with Crippen molar-refractivity contribution in [3.05, 3.63) is 80.7 Å². The predicted molar refractivity (Wildman–Crippen MR) is 135 cm³/mol. The minimum absolute atomic E-state index is 0.0946. The Labute approximate surface area is 205 Å². The largest absolute Gasteiger partial charge is 0.335 e. The van der Waals surface area contributed by atoms with Gasteiger partial charge in [-0.25, -0.2) is 8.42 Å². The number of halogens is 1. The van der Waals surface area contributed by atoms with Gasteiger partial charge in [0.05, 0.1) is 20.6 Å². The zero-order chi connectivity index (χ0) is 23.6. The molecule has 0 unspecified atom stereocenters. The molecule has 0 saturated heterocycles. The Morgan fingerprint density at radius 2 is 1.82 bits per heavy atom. The molecular weight excluding hydrogens is 476 g/mol. The van der Waals surface area contributed by atoms with Crippen LogP contribution in [0.2, 0.25) is 5.02 Å². The van der Waals surface area contributed by atoms with E-state index in [2.05, 4.69) is 22.4 Å². The summed E-state index contributed by atoms with van der Waals surface area (Å²) in [5.41, 5.74) is 3.13. The summed E-state index contributed by atoms with van der Waals surface area (Å²) >= 11 is 7.99. The number of carbonyl (C=O) groups excluding carboxylic acids is 1. The predicted octanol–water partition coefficient (Wildman–Crippen LogP) is 6.00. The molecule has 174 valence electrons. The molecular formula is C25H27ClN2O3S2. The monoisotopic (exact) mass is 502 g/mol. The fraction of sp³-hybridized carbons (Fsp3) is 0.320. The molecule has 0 aromatic heterocycles. The van der Waals surface area contributed by atoms with Crippen molar-refractivity contribution < 1.29 is 13.2 Å². The Morgan fingerprint density at radius 3 is 2.52 bits per heavy atom. The molecule has 2 aromatic carbocycles. The molecule has 5 nitrogen and oxygen atoms in total. The fourth-order valence-corrected chi connectivity index (χ4v) is 7.07. The summed E-state index contributed by atoms with van der Waals surface area (Å²) in [7, 11) is -3.69. The van der Waals surface area contributed by atoms with E-state index in [1.807, 2.05) is 18.2 Å². The van der Waals surface area contributed by atoms with E-state index in [1.165, 1.54) is 22.5 Å². The summed E-state index contributed by atoms with van der Waals surface area (Å²) in [4.78, 5) is 16.0. The molecule has 0 saturated carbocycles. The van der Waals surface area contributed by atoms with Crippen LogP contribution < -0.4 is 0 Å². The molecule has 0 fully saturated rings. The normalized spacial score (nSPS) is 16.6. The SMILES string of the molecule is CCN(CC)S(=O)(=O)c1ccc(Cl)c(C(=O)C2=C3SC=C(c4ccccc4)N3CCCC2)c1. The summed E-state index contributed by atoms with van der Waals surface area (Å²) < 4.78 is 27.4. The summed E-state index contributed by atoms with van der Waals surface area (Å²) in [6.07, 6.45) is 2.49. The van der Waals surface area contributed by atoms with E-state index >= 15 is 0 Å². The number of ketones is 1. The van der Waals surface area contributed by atoms with Gasteiger partial charge in [0, 0.05) is 36.2 Å². The molecule has 0 aliphatic carbocycles. The number of sulfonamides is 1. The highest BCUT2D eigenvalue weighted by atomic mass is 35.5. The Morgan fingerprint density at radius 1 is 1.09 bits per heavy atom. The van der Waals surface area contributed by atoms with Gasteiger partial charge in [-0.2, -0.15) is 4.31 Å². The topological polar surface area (TPSA) is 57.7 Å². The first kappa shape index (κ1) is 24.1. The highest BCUT2D eigenvalue weighted by molar-refractivity contribution is 8.06. The first-order chi connectivity index (χ1) is 15.9. The third-order valence-corrected chi connectivity index (χ3v) is 9.41. The van der Waals surface area contributed by atoms with Crippen LogP contribution in [0.3, 0.4) is 0 Å². The van der Waals surface area contributed by atoms with E-state index in [1.54, 1.807) is 25.6 Å². The van der Waals surface area contributed by atoms with Crippen LogP contribution in [0.5, 0.6) is 0 Å². The molecule has 0 N–H and O–H groups in total. The smallest absolute Gasteiger partial charge is 0.243 e. The van der Waals surface area contributed by atoms with Crippen molar-refractivity contribution in [2.45, 2.75) is 38.0 Å². The highest BCUT2D eigenvalue weighted by Crippen LogP contribution is 2.44. The molecule has 0 amide bonds. The number of Topliss-reactive ketones (excluding diaryl/α,β-unsaturated/α-hetero) is 1. The molecule has 4 rings (SSSR count). The van der Waals surface area contributed by atoms with Crippen LogP contribution in [0.4, 0.5) is 0 Å². The van der Waals surface area contributed by atoms with Gasteiger partial charge in [0.2, 0.25) is 10.0 Å². The Bertz CT molecular complexity index is 1220. The van der Waals surface area contributed by atoms with E-state index in [0.717, 1.165) is 35.7 Å². The number of rotatable bonds is 7. The van der Waals surface area contributed by atoms with Crippen LogP contribution in [-0.2, 0) is 10.0 Å². The lowest BCUT2D eigenvalue weighted by Gasteiger charge is -2.23. The van der Waals surface area contributed by atoms with Gasteiger partial charge in [0.25, 0.3) is 0 Å². The molecule has 33 heavy (non-hydrogen) atoms. The Balaban J connectivity index is 1.73. The third-order valence-electron chi connectivity index (χ3n) is 6.00. The van der Waals surface area contributed by atoms with Crippen molar-refractivity contribution in [2.75, 3.05) is 19.6 Å². The average molecular weight is 503 g/mol. The van der Waals surface area contributed by atoms with Crippen molar-refractivity contribution in [2.24, 2.45) is 0 Å². The first-order valence-electron chi connectivity index (χ1n) is 11.2. The van der Waals surface area contributed by atoms with Crippen molar-refractivity contribution in [1.82, 2.24) is 9.21 Å². The Hall–Kier alpha value is -2.06. The quantitative estimate of drug-likeness (QED) is 0.435. The van der Waals surface area contributed by atoms with Crippen molar-refractivity contribution in [3.63, 3.8) is 0 Å². The van der Waals surface area contributed by atoms with Crippen LogP contribution in [0.15, 0.2) is 69.4 Å². The van der Waals surface area contributed by atoms with Gasteiger partial charge < -0.3 is 4.90 Å². The number of fused-ring (bicyclic) bond motifs is 1. The number of thioether (sulfide) groups is 1. The maximum atomic E-state index is 13.7. The van der Waals surface area contributed by atoms with Crippen LogP contribution >= 0.6 is 23.4 Å². The lowest BCUT2D eigenvalue weighted by atomic mass is 10.00. The lowest BCUT2D eigenvalue weighted by molar-refractivity contribution is 0.102. The molecule has 0 spiro atoms. The van der Waals surface area contributed by atoms with Gasteiger partial charge in [-0.3, -0.25) is 4.79 Å². The molecule has 8 heteroatoms. The van der Waals surface area contributed by atoms with Gasteiger partial charge in [0.15, 0.2) is 5.78 Å². The van der Waals surface area contributed by atoms with Gasteiger partial charge in [-0.1, -0.05) is 67.5 Å². The molecule has 0 atom stereocenters. The maximum absolute atomic E-state index is 13.7. The highest BCUT2D eigenvalue weighted by Gasteiger charge is 2.32. The molecule has 0 bridgehead atoms. The second-order valence-corrected chi connectivity index (χ2v) is 11.1. The molecule has 2 heterocycles. The maximum Gasteiger partial charge on any atom is 0.243 e. The van der Waals surface area contributed by atoms with Crippen LogP contribution in [0, 0.1) is 0 Å². The van der Waals surface area contributed by atoms with Gasteiger partial charge in [-0.15, -0.1) is 0 Å². The summed E-state index contributed by atoms with van der Waals surface area (Å²) in [6.45, 7) is 5.15. The fourth-order valence-electron chi connectivity index (χ4n) is 4.24. The van der Waals surface area contributed by atoms with E-state index in [9.17, 15) is 13.2 Å². The van der Waals surface area contributed by atoms with Crippen molar-refractivity contribution in [1.29, 1.82) is 0 Å². The summed E-state index contributed by atoms with van der Waals surface area (Å²) in [5, 5.41) is 3.28. The second kappa shape index (κ2) is 10.1. The summed E-state index contributed by atoms with van der Waals surface area (Å²) in [5.74, 6) is -0.200. The Kier molecular flexibility index (Phi) is 7.34. The third kappa shape index (κ3) is 4.64. The van der Waals surface area contributed by atoms with E-state index in [0.29, 0.717) is 25.1 Å². The van der Waals surface area contributed by atoms with Crippen LogP contribution in [-0.4, -0.2) is 43.0 Å². The van der Waals surface area contributed by atoms with Crippen molar-refractivity contribution in [3.8, 4) is 0 Å². The van der Waals surface area contributed by atoms with E-state index in [4.69, 9.17) is 11.6 Å². The first-order valence-corrected chi connectivity index (χ1v) is 13.9. The number of hydrogen-bond acceptors (Lipinski definition) is 5. The minimum Gasteiger partial charge on any atom is -0.335 e. The van der Waals surface area contributed by atoms with E-state index in [-0.39, 0.29) is 21.3 Å². The van der Waals surface area contributed by atoms with Crippen molar-refractivity contribution >= 4 is 44.9 Å². The van der Waals surface area contributed by atoms with Crippen LogP contribution in [0.25, 0.3) is 5.70 Å².